The van der Waals surface area contributed by atoms with E-state index in [2.05, 4.69) is 5.32 Å². The molecule has 0 radical (unpaired) electrons. The number of carbonyl (C=O) groups is 2. The Balaban J connectivity index is 2.40. The quantitative estimate of drug-likeness (QED) is 0.293. The predicted molar refractivity (Wildman–Crippen MR) is 107 cm³/mol. The van der Waals surface area contributed by atoms with Crippen molar-refractivity contribution in [1.82, 2.24) is 5.32 Å². The van der Waals surface area contributed by atoms with Crippen LogP contribution in [0.4, 0.5) is 5.69 Å². The van der Waals surface area contributed by atoms with Crippen molar-refractivity contribution in [2.75, 3.05) is 11.9 Å². The SMILES string of the molecule is CCCC(N)CNc1cc2ccc(S(=O)(=O)O)c3c2c(c1S(=O)(=O)O)C(=O)NC3=O. The van der Waals surface area contributed by atoms with Crippen molar-refractivity contribution in [2.45, 2.75) is 35.6 Å². The summed E-state index contributed by atoms with van der Waals surface area (Å²) in [5.74, 6) is -2.27. The lowest BCUT2D eigenvalue weighted by atomic mass is 9.94. The molecule has 1 atom stereocenters. The molecule has 0 bridgehead atoms. The summed E-state index contributed by atoms with van der Waals surface area (Å²) in [4.78, 5) is 23.2. The number of carbonyl (C=O) groups excluding carboxylic acids is 2. The highest BCUT2D eigenvalue weighted by molar-refractivity contribution is 7.86. The molecule has 30 heavy (non-hydrogen) atoms. The van der Waals surface area contributed by atoms with Crippen molar-refractivity contribution in [2.24, 2.45) is 5.73 Å². The van der Waals surface area contributed by atoms with Crippen LogP contribution >= 0.6 is 0 Å². The molecule has 0 spiro atoms. The van der Waals surface area contributed by atoms with Crippen LogP contribution in [0, 0.1) is 0 Å². The van der Waals surface area contributed by atoms with Crippen LogP contribution in [-0.4, -0.2) is 50.3 Å². The second kappa shape index (κ2) is 7.59. The van der Waals surface area contributed by atoms with Crippen LogP contribution in [0.1, 0.15) is 40.5 Å². The lowest BCUT2D eigenvalue weighted by molar-refractivity contribution is 0.0840. The molecule has 3 rings (SSSR count). The monoisotopic (exact) mass is 457 g/mol. The number of hydrogen-bond donors (Lipinski definition) is 5. The molecule has 2 aromatic carbocycles. The van der Waals surface area contributed by atoms with Gasteiger partial charge in [-0.05, 0) is 23.9 Å². The second-order valence-corrected chi connectivity index (χ2v) is 9.58. The average molecular weight is 457 g/mol. The van der Waals surface area contributed by atoms with Gasteiger partial charge in [-0.1, -0.05) is 19.4 Å². The van der Waals surface area contributed by atoms with E-state index in [9.17, 15) is 35.5 Å². The van der Waals surface area contributed by atoms with Crippen LogP contribution < -0.4 is 16.4 Å². The number of rotatable bonds is 7. The van der Waals surface area contributed by atoms with Gasteiger partial charge in [0.15, 0.2) is 0 Å². The number of benzene rings is 2. The van der Waals surface area contributed by atoms with Gasteiger partial charge in [0.2, 0.25) is 0 Å². The first-order valence-corrected chi connectivity index (χ1v) is 11.7. The lowest BCUT2D eigenvalue weighted by Crippen LogP contribution is -2.37. The fourth-order valence-electron chi connectivity index (χ4n) is 3.46. The average Bonchev–Trinajstić information content (AvgIpc) is 2.61. The first-order chi connectivity index (χ1) is 13.9. The van der Waals surface area contributed by atoms with Gasteiger partial charge in [0.1, 0.15) is 9.79 Å². The van der Waals surface area contributed by atoms with Crippen LogP contribution in [0.3, 0.4) is 0 Å². The Morgan fingerprint density at radius 3 is 2.27 bits per heavy atom. The highest BCUT2D eigenvalue weighted by Gasteiger charge is 2.37. The van der Waals surface area contributed by atoms with Gasteiger partial charge in [0, 0.05) is 18.0 Å². The summed E-state index contributed by atoms with van der Waals surface area (Å²) in [5.41, 5.74) is 4.59. The van der Waals surface area contributed by atoms with Gasteiger partial charge >= 0.3 is 0 Å². The summed E-state index contributed by atoms with van der Waals surface area (Å²) in [6, 6.07) is 3.09. The molecule has 11 nitrogen and oxygen atoms in total. The summed E-state index contributed by atoms with van der Waals surface area (Å²) in [7, 11) is -9.87. The topological polar surface area (TPSA) is 193 Å². The molecule has 1 heterocycles. The molecule has 162 valence electrons. The third-order valence-corrected chi connectivity index (χ3v) is 6.49. The molecule has 1 aliphatic heterocycles. The smallest absolute Gasteiger partial charge is 0.297 e. The minimum atomic E-state index is -5.00. The zero-order valence-electron chi connectivity index (χ0n) is 15.7. The van der Waals surface area contributed by atoms with Crippen molar-refractivity contribution in [3.8, 4) is 0 Å². The zero-order valence-corrected chi connectivity index (χ0v) is 17.3. The van der Waals surface area contributed by atoms with E-state index in [1.165, 1.54) is 12.1 Å². The number of hydrogen-bond acceptors (Lipinski definition) is 8. The number of amides is 2. The van der Waals surface area contributed by atoms with Crippen LogP contribution in [0.5, 0.6) is 0 Å². The fourth-order valence-corrected chi connectivity index (χ4v) is 5.01. The van der Waals surface area contributed by atoms with E-state index in [-0.39, 0.29) is 29.0 Å². The Kier molecular flexibility index (Phi) is 5.60. The van der Waals surface area contributed by atoms with E-state index in [0.29, 0.717) is 6.42 Å². The molecule has 2 aromatic rings. The first kappa shape index (κ1) is 22.1. The second-order valence-electron chi connectivity index (χ2n) is 6.83. The van der Waals surface area contributed by atoms with Gasteiger partial charge < -0.3 is 11.1 Å². The summed E-state index contributed by atoms with van der Waals surface area (Å²) in [5, 5.41) is 4.48. The van der Waals surface area contributed by atoms with Crippen molar-refractivity contribution < 1.29 is 35.5 Å². The standard InChI is InChI=1S/C17H19N3O8S2/c1-2-3-9(18)7-19-10-6-8-4-5-11(29(23,24)25)13-12(8)14(15(10)30(26,27)28)17(22)20-16(13)21/h4-6,9,19H,2-3,7,18H2,1H3,(H,20,21,22)(H,23,24,25)(H,26,27,28). The summed E-state index contributed by atoms with van der Waals surface area (Å²) >= 11 is 0. The minimum Gasteiger partial charge on any atom is -0.382 e. The molecule has 1 aliphatic rings. The summed E-state index contributed by atoms with van der Waals surface area (Å²) < 4.78 is 67.0. The Labute approximate surface area is 172 Å². The van der Waals surface area contributed by atoms with Gasteiger partial charge in [-0.15, -0.1) is 0 Å². The van der Waals surface area contributed by atoms with E-state index in [4.69, 9.17) is 5.73 Å². The molecule has 0 saturated heterocycles. The van der Waals surface area contributed by atoms with Crippen molar-refractivity contribution in [1.29, 1.82) is 0 Å². The third kappa shape index (κ3) is 3.89. The van der Waals surface area contributed by atoms with Gasteiger partial charge in [0.05, 0.1) is 16.8 Å². The highest BCUT2D eigenvalue weighted by atomic mass is 32.2. The molecule has 1 unspecified atom stereocenters. The minimum absolute atomic E-state index is 0.123. The Hall–Kier alpha value is -2.58. The van der Waals surface area contributed by atoms with Crippen LogP contribution in [-0.2, 0) is 20.2 Å². The van der Waals surface area contributed by atoms with Crippen molar-refractivity contribution in [3.63, 3.8) is 0 Å². The molecule has 0 fully saturated rings. The molecule has 13 heteroatoms. The molecule has 0 saturated carbocycles. The predicted octanol–water partition coefficient (Wildman–Crippen LogP) is 0.756. The van der Waals surface area contributed by atoms with Crippen molar-refractivity contribution >= 4 is 48.5 Å². The molecule has 2 amide bonds. The molecular weight excluding hydrogens is 438 g/mol. The Bertz CT molecular complexity index is 1290. The van der Waals surface area contributed by atoms with Gasteiger partial charge in [0.25, 0.3) is 32.1 Å². The van der Waals surface area contributed by atoms with Gasteiger partial charge in [-0.2, -0.15) is 16.8 Å². The number of nitrogens with one attached hydrogen (secondary N) is 2. The van der Waals surface area contributed by atoms with E-state index in [0.717, 1.165) is 12.5 Å². The summed E-state index contributed by atoms with van der Waals surface area (Å²) in [6.45, 7) is 2.04. The summed E-state index contributed by atoms with van der Waals surface area (Å²) in [6.07, 6.45) is 1.41. The Morgan fingerprint density at radius 2 is 1.70 bits per heavy atom. The largest absolute Gasteiger partial charge is 0.382 e. The maximum atomic E-state index is 12.5. The molecule has 6 N–H and O–H groups in total. The third-order valence-electron chi connectivity index (χ3n) is 4.65. The van der Waals surface area contributed by atoms with Gasteiger partial charge in [-0.25, -0.2) is 0 Å². The van der Waals surface area contributed by atoms with E-state index in [1.807, 2.05) is 12.2 Å². The maximum absolute atomic E-state index is 12.5. The normalized spacial score (nSPS) is 15.2. The van der Waals surface area contributed by atoms with E-state index >= 15 is 0 Å². The Morgan fingerprint density at radius 1 is 1.07 bits per heavy atom. The van der Waals surface area contributed by atoms with Crippen LogP contribution in [0.15, 0.2) is 28.0 Å². The molecule has 0 aliphatic carbocycles. The van der Waals surface area contributed by atoms with E-state index < -0.39 is 53.0 Å². The van der Waals surface area contributed by atoms with Crippen LogP contribution in [0.25, 0.3) is 10.8 Å². The molecular formula is C17H19N3O8S2. The van der Waals surface area contributed by atoms with Gasteiger partial charge in [-0.3, -0.25) is 24.0 Å². The fraction of sp³-hybridized carbons (Fsp3) is 0.294. The first-order valence-electron chi connectivity index (χ1n) is 8.80. The number of anilines is 1. The lowest BCUT2D eigenvalue weighted by Gasteiger charge is -2.23. The highest BCUT2D eigenvalue weighted by Crippen LogP contribution is 2.39. The van der Waals surface area contributed by atoms with Crippen molar-refractivity contribution in [3.05, 3.63) is 29.3 Å². The molecule has 0 aromatic heterocycles. The van der Waals surface area contributed by atoms with E-state index in [1.54, 1.807) is 0 Å². The zero-order chi connectivity index (χ0) is 22.4. The number of nitrogens with two attached hydrogens (primary N) is 1. The van der Waals surface area contributed by atoms with Crippen LogP contribution in [0.2, 0.25) is 0 Å². The number of imide groups is 1. The maximum Gasteiger partial charge on any atom is 0.297 e.